The van der Waals surface area contributed by atoms with Crippen molar-refractivity contribution in [2.45, 2.75) is 19.4 Å². The zero-order valence-electron chi connectivity index (χ0n) is 9.62. The molecule has 1 aromatic rings. The van der Waals surface area contributed by atoms with Gasteiger partial charge in [-0.3, -0.25) is 4.90 Å². The summed E-state index contributed by atoms with van der Waals surface area (Å²) in [5.41, 5.74) is 0. The van der Waals surface area contributed by atoms with Crippen LogP contribution in [0, 0.1) is 5.92 Å². The summed E-state index contributed by atoms with van der Waals surface area (Å²) in [5.74, 6) is 0.874. The standard InChI is InChI=1S/C12H18BrNOS/c1-14(6-7-15-9-10-2-3-10)8-11-4-5-12(13)16-11/h4-5,10H,2-3,6-9H2,1H3. The fraction of sp³-hybridized carbons (Fsp3) is 0.667. The van der Waals surface area contributed by atoms with E-state index in [4.69, 9.17) is 4.74 Å². The Bertz CT molecular complexity index is 325. The quantitative estimate of drug-likeness (QED) is 0.716. The number of thiophene rings is 1. The lowest BCUT2D eigenvalue weighted by atomic mass is 10.4. The van der Waals surface area contributed by atoms with Crippen molar-refractivity contribution in [3.63, 3.8) is 0 Å². The molecule has 0 N–H and O–H groups in total. The van der Waals surface area contributed by atoms with Crippen molar-refractivity contribution >= 4 is 27.3 Å². The lowest BCUT2D eigenvalue weighted by Gasteiger charge is -2.15. The maximum atomic E-state index is 5.62. The van der Waals surface area contributed by atoms with Crippen molar-refractivity contribution in [1.82, 2.24) is 4.90 Å². The summed E-state index contributed by atoms with van der Waals surface area (Å²) < 4.78 is 6.83. The smallest absolute Gasteiger partial charge is 0.0701 e. The van der Waals surface area contributed by atoms with Crippen molar-refractivity contribution in [3.05, 3.63) is 20.8 Å². The van der Waals surface area contributed by atoms with Crippen LogP contribution in [0.5, 0.6) is 0 Å². The fourth-order valence-electron chi connectivity index (χ4n) is 1.54. The van der Waals surface area contributed by atoms with Crippen LogP contribution in [-0.2, 0) is 11.3 Å². The average Bonchev–Trinajstić information content (AvgIpc) is 2.98. The SMILES string of the molecule is CN(CCOCC1CC1)Cc1ccc(Br)s1. The van der Waals surface area contributed by atoms with E-state index in [1.54, 1.807) is 11.3 Å². The molecule has 0 atom stereocenters. The highest BCUT2D eigenvalue weighted by Crippen LogP contribution is 2.28. The third-order valence-corrected chi connectivity index (χ3v) is 4.33. The van der Waals surface area contributed by atoms with Crippen molar-refractivity contribution in [1.29, 1.82) is 0 Å². The summed E-state index contributed by atoms with van der Waals surface area (Å²) in [6, 6.07) is 4.29. The Labute approximate surface area is 110 Å². The predicted molar refractivity (Wildman–Crippen MR) is 71.9 cm³/mol. The van der Waals surface area contributed by atoms with Crippen LogP contribution in [0.2, 0.25) is 0 Å². The van der Waals surface area contributed by atoms with Gasteiger partial charge in [0, 0.05) is 24.6 Å². The maximum Gasteiger partial charge on any atom is 0.0701 e. The van der Waals surface area contributed by atoms with Gasteiger partial charge in [-0.05, 0) is 53.9 Å². The zero-order chi connectivity index (χ0) is 11.4. The van der Waals surface area contributed by atoms with E-state index in [1.807, 2.05) is 0 Å². The van der Waals surface area contributed by atoms with Crippen LogP contribution in [0.1, 0.15) is 17.7 Å². The number of likely N-dealkylation sites (N-methyl/N-ethyl adjacent to an activating group) is 1. The van der Waals surface area contributed by atoms with Crippen molar-refractivity contribution in [3.8, 4) is 0 Å². The molecule has 1 saturated carbocycles. The fourth-order valence-corrected chi connectivity index (χ4v) is 3.10. The van der Waals surface area contributed by atoms with Gasteiger partial charge in [0.2, 0.25) is 0 Å². The monoisotopic (exact) mass is 303 g/mol. The highest BCUT2D eigenvalue weighted by Gasteiger charge is 2.20. The Hall–Kier alpha value is 0.1000. The highest BCUT2D eigenvalue weighted by molar-refractivity contribution is 9.11. The van der Waals surface area contributed by atoms with Gasteiger partial charge in [-0.2, -0.15) is 0 Å². The molecule has 0 saturated heterocycles. The van der Waals surface area contributed by atoms with Gasteiger partial charge >= 0.3 is 0 Å². The third kappa shape index (κ3) is 4.53. The van der Waals surface area contributed by atoms with Gasteiger partial charge in [0.25, 0.3) is 0 Å². The molecule has 2 nitrogen and oxygen atoms in total. The molecule has 4 heteroatoms. The first-order valence-corrected chi connectivity index (χ1v) is 7.35. The Morgan fingerprint density at radius 1 is 1.50 bits per heavy atom. The molecule has 1 aliphatic rings. The number of halogens is 1. The second-order valence-corrected chi connectivity index (χ2v) is 7.01. The Morgan fingerprint density at radius 3 is 2.94 bits per heavy atom. The largest absolute Gasteiger partial charge is 0.380 e. The predicted octanol–water partition coefficient (Wildman–Crippen LogP) is 3.37. The van der Waals surface area contributed by atoms with Crippen LogP contribution in [-0.4, -0.2) is 31.7 Å². The topological polar surface area (TPSA) is 12.5 Å². The third-order valence-electron chi connectivity index (χ3n) is 2.72. The van der Waals surface area contributed by atoms with E-state index in [0.717, 1.165) is 32.2 Å². The van der Waals surface area contributed by atoms with Gasteiger partial charge in [-0.25, -0.2) is 0 Å². The zero-order valence-corrected chi connectivity index (χ0v) is 12.0. The Kier molecular flexibility index (Phi) is 4.82. The van der Waals surface area contributed by atoms with E-state index < -0.39 is 0 Å². The molecule has 0 radical (unpaired) electrons. The summed E-state index contributed by atoms with van der Waals surface area (Å²) in [5, 5.41) is 0. The summed E-state index contributed by atoms with van der Waals surface area (Å²) in [6.45, 7) is 3.86. The minimum Gasteiger partial charge on any atom is -0.380 e. The molecule has 0 unspecified atom stereocenters. The second-order valence-electron chi connectivity index (χ2n) is 4.46. The summed E-state index contributed by atoms with van der Waals surface area (Å²) in [7, 11) is 2.15. The van der Waals surface area contributed by atoms with Gasteiger partial charge in [0.1, 0.15) is 0 Å². The van der Waals surface area contributed by atoms with Crippen LogP contribution in [0.3, 0.4) is 0 Å². The van der Waals surface area contributed by atoms with Crippen molar-refractivity contribution in [2.75, 3.05) is 26.8 Å². The first kappa shape index (κ1) is 12.6. The van der Waals surface area contributed by atoms with Gasteiger partial charge in [0.15, 0.2) is 0 Å². The molecule has 0 aliphatic heterocycles. The van der Waals surface area contributed by atoms with Crippen LogP contribution < -0.4 is 0 Å². The van der Waals surface area contributed by atoms with Crippen molar-refractivity contribution < 1.29 is 4.74 Å². The molecular formula is C12H18BrNOS. The molecule has 0 bridgehead atoms. The molecule has 1 aliphatic carbocycles. The van der Waals surface area contributed by atoms with Gasteiger partial charge in [0.05, 0.1) is 10.4 Å². The molecule has 2 rings (SSSR count). The molecule has 0 aromatic carbocycles. The molecular weight excluding hydrogens is 286 g/mol. The molecule has 0 spiro atoms. The molecule has 1 aromatic heterocycles. The lowest BCUT2D eigenvalue weighted by Crippen LogP contribution is -2.22. The number of ether oxygens (including phenoxy) is 1. The Morgan fingerprint density at radius 2 is 2.31 bits per heavy atom. The first-order chi connectivity index (χ1) is 7.74. The van der Waals surface area contributed by atoms with Crippen LogP contribution in [0.4, 0.5) is 0 Å². The van der Waals surface area contributed by atoms with Crippen LogP contribution in [0.15, 0.2) is 15.9 Å². The summed E-state index contributed by atoms with van der Waals surface area (Å²) >= 11 is 5.29. The van der Waals surface area contributed by atoms with E-state index in [9.17, 15) is 0 Å². The van der Waals surface area contributed by atoms with E-state index in [-0.39, 0.29) is 0 Å². The lowest BCUT2D eigenvalue weighted by molar-refractivity contribution is 0.102. The van der Waals surface area contributed by atoms with Gasteiger partial charge < -0.3 is 4.74 Å². The van der Waals surface area contributed by atoms with E-state index in [0.29, 0.717) is 0 Å². The molecule has 1 heterocycles. The minimum atomic E-state index is 0.861. The molecule has 16 heavy (non-hydrogen) atoms. The number of nitrogens with zero attached hydrogens (tertiary/aromatic N) is 1. The van der Waals surface area contributed by atoms with Gasteiger partial charge in [-0.1, -0.05) is 0 Å². The van der Waals surface area contributed by atoms with Crippen LogP contribution in [0.25, 0.3) is 0 Å². The second kappa shape index (κ2) is 6.15. The average molecular weight is 304 g/mol. The van der Waals surface area contributed by atoms with Crippen molar-refractivity contribution in [2.24, 2.45) is 5.92 Å². The number of hydrogen-bond acceptors (Lipinski definition) is 3. The molecule has 0 amide bonds. The van der Waals surface area contributed by atoms with E-state index in [1.165, 1.54) is 21.5 Å². The highest BCUT2D eigenvalue weighted by atomic mass is 79.9. The molecule has 1 fully saturated rings. The van der Waals surface area contributed by atoms with E-state index >= 15 is 0 Å². The Balaban J connectivity index is 1.57. The number of hydrogen-bond donors (Lipinski definition) is 0. The van der Waals surface area contributed by atoms with E-state index in [2.05, 4.69) is 40.0 Å². The normalized spacial score (nSPS) is 15.9. The minimum absolute atomic E-state index is 0.861. The number of rotatable bonds is 7. The summed E-state index contributed by atoms with van der Waals surface area (Å²) in [4.78, 5) is 3.71. The van der Waals surface area contributed by atoms with Gasteiger partial charge in [-0.15, -0.1) is 11.3 Å². The summed E-state index contributed by atoms with van der Waals surface area (Å²) in [6.07, 6.45) is 2.75. The first-order valence-electron chi connectivity index (χ1n) is 5.74. The molecule has 90 valence electrons. The maximum absolute atomic E-state index is 5.62. The van der Waals surface area contributed by atoms with Crippen LogP contribution >= 0.6 is 27.3 Å².